The molecule has 1 heterocycles. The molecule has 0 aliphatic carbocycles. The Morgan fingerprint density at radius 1 is 1.59 bits per heavy atom. The van der Waals surface area contributed by atoms with Crippen LogP contribution in [-0.4, -0.2) is 30.3 Å². The molecule has 1 atom stereocenters. The summed E-state index contributed by atoms with van der Waals surface area (Å²) in [5.41, 5.74) is 0.660. The highest BCUT2D eigenvalue weighted by Crippen LogP contribution is 2.24. The fourth-order valence-electron chi connectivity index (χ4n) is 1.92. The molecule has 1 unspecified atom stereocenters. The summed E-state index contributed by atoms with van der Waals surface area (Å²) >= 11 is 5.87. The fraction of sp³-hybridized carbons (Fsp3) is 0.417. The highest BCUT2D eigenvalue weighted by atomic mass is 35.5. The highest BCUT2D eigenvalue weighted by Gasteiger charge is 2.18. The van der Waals surface area contributed by atoms with Crippen LogP contribution in [0, 0.1) is 0 Å². The molecule has 2 rings (SSSR count). The lowest BCUT2D eigenvalue weighted by molar-refractivity contribution is 0.0697. The lowest BCUT2D eigenvalue weighted by Gasteiger charge is -2.14. The number of rotatable bonds is 4. The van der Waals surface area contributed by atoms with E-state index in [2.05, 4.69) is 5.32 Å². The Morgan fingerprint density at radius 2 is 2.41 bits per heavy atom. The minimum Gasteiger partial charge on any atom is -0.478 e. The summed E-state index contributed by atoms with van der Waals surface area (Å²) in [6.07, 6.45) is 2.24. The van der Waals surface area contributed by atoms with Gasteiger partial charge in [0.05, 0.1) is 16.8 Å². The van der Waals surface area contributed by atoms with Crippen molar-refractivity contribution in [2.24, 2.45) is 0 Å². The van der Waals surface area contributed by atoms with Gasteiger partial charge in [-0.2, -0.15) is 0 Å². The summed E-state index contributed by atoms with van der Waals surface area (Å²) < 4.78 is 5.46. The number of carboxylic acid groups (broad SMARTS) is 1. The Kier molecular flexibility index (Phi) is 3.86. The Labute approximate surface area is 105 Å². The summed E-state index contributed by atoms with van der Waals surface area (Å²) in [7, 11) is 0. The van der Waals surface area contributed by atoms with Gasteiger partial charge in [0.2, 0.25) is 0 Å². The third-order valence-electron chi connectivity index (χ3n) is 2.77. The van der Waals surface area contributed by atoms with Gasteiger partial charge in [-0.1, -0.05) is 17.7 Å². The maximum atomic E-state index is 11.1. The smallest absolute Gasteiger partial charge is 0.339 e. The molecule has 1 saturated heterocycles. The number of hydrogen-bond acceptors (Lipinski definition) is 3. The molecule has 0 aromatic heterocycles. The van der Waals surface area contributed by atoms with Crippen LogP contribution in [0.1, 0.15) is 23.2 Å². The average molecular weight is 256 g/mol. The zero-order chi connectivity index (χ0) is 12.3. The number of aromatic carboxylic acids is 1. The monoisotopic (exact) mass is 255 g/mol. The van der Waals surface area contributed by atoms with Gasteiger partial charge in [-0.15, -0.1) is 0 Å². The first kappa shape index (κ1) is 12.2. The van der Waals surface area contributed by atoms with Gasteiger partial charge in [-0.3, -0.25) is 0 Å². The van der Waals surface area contributed by atoms with Crippen molar-refractivity contribution in [3.63, 3.8) is 0 Å². The van der Waals surface area contributed by atoms with Crippen molar-refractivity contribution >= 4 is 23.3 Å². The van der Waals surface area contributed by atoms with Gasteiger partial charge in [0, 0.05) is 13.2 Å². The van der Waals surface area contributed by atoms with E-state index in [-0.39, 0.29) is 16.7 Å². The number of halogens is 1. The van der Waals surface area contributed by atoms with Gasteiger partial charge >= 0.3 is 5.97 Å². The van der Waals surface area contributed by atoms with Gasteiger partial charge in [-0.25, -0.2) is 4.79 Å². The van der Waals surface area contributed by atoms with Crippen molar-refractivity contribution < 1.29 is 14.6 Å². The van der Waals surface area contributed by atoms with Crippen LogP contribution in [0.2, 0.25) is 5.02 Å². The number of carbonyl (C=O) groups is 1. The molecule has 0 spiro atoms. The quantitative estimate of drug-likeness (QED) is 0.868. The lowest BCUT2D eigenvalue weighted by Crippen LogP contribution is -2.19. The van der Waals surface area contributed by atoms with Crippen LogP contribution in [0.3, 0.4) is 0 Å². The minimum atomic E-state index is -1.02. The number of nitrogens with one attached hydrogen (secondary N) is 1. The zero-order valence-electron chi connectivity index (χ0n) is 9.28. The molecule has 0 saturated carbocycles. The molecule has 0 radical (unpaired) electrons. The topological polar surface area (TPSA) is 58.6 Å². The molecule has 0 amide bonds. The zero-order valence-corrected chi connectivity index (χ0v) is 10.0. The second-order valence-corrected chi connectivity index (χ2v) is 4.39. The van der Waals surface area contributed by atoms with Crippen LogP contribution in [0.4, 0.5) is 5.69 Å². The van der Waals surface area contributed by atoms with Gasteiger partial charge in [0.1, 0.15) is 5.56 Å². The third-order valence-corrected chi connectivity index (χ3v) is 3.09. The van der Waals surface area contributed by atoms with Crippen LogP contribution in [0.25, 0.3) is 0 Å². The first-order valence-electron chi connectivity index (χ1n) is 5.56. The maximum Gasteiger partial charge on any atom is 0.339 e. The third kappa shape index (κ3) is 2.90. The van der Waals surface area contributed by atoms with Gasteiger partial charge in [-0.05, 0) is 25.0 Å². The SMILES string of the molecule is O=C(O)c1c(Cl)cccc1NCC1CCCO1. The fourth-order valence-corrected chi connectivity index (χ4v) is 2.17. The number of anilines is 1. The molecule has 0 bridgehead atoms. The summed E-state index contributed by atoms with van der Waals surface area (Å²) in [6.45, 7) is 1.40. The standard InChI is InChI=1S/C12H14ClNO3/c13-9-4-1-5-10(11(9)12(15)16)14-7-8-3-2-6-17-8/h1,4-5,8,14H,2-3,6-7H2,(H,15,16). The second kappa shape index (κ2) is 5.38. The van der Waals surface area contributed by atoms with Gasteiger partial charge < -0.3 is 15.2 Å². The van der Waals surface area contributed by atoms with Crippen molar-refractivity contribution in [2.75, 3.05) is 18.5 Å². The Bertz CT molecular complexity index is 416. The van der Waals surface area contributed by atoms with Crippen LogP contribution in [-0.2, 0) is 4.74 Å². The molecule has 1 fully saturated rings. The van der Waals surface area contributed by atoms with Crippen molar-refractivity contribution in [3.05, 3.63) is 28.8 Å². The van der Waals surface area contributed by atoms with Crippen LogP contribution in [0.5, 0.6) is 0 Å². The molecule has 5 heteroatoms. The molecule has 1 aliphatic rings. The van der Waals surface area contributed by atoms with Gasteiger partial charge in [0.25, 0.3) is 0 Å². The van der Waals surface area contributed by atoms with Crippen molar-refractivity contribution in [1.82, 2.24) is 0 Å². The van der Waals surface area contributed by atoms with Crippen molar-refractivity contribution in [3.8, 4) is 0 Å². The van der Waals surface area contributed by atoms with E-state index < -0.39 is 5.97 Å². The summed E-state index contributed by atoms with van der Waals surface area (Å²) in [6, 6.07) is 5.01. The first-order chi connectivity index (χ1) is 8.18. The summed E-state index contributed by atoms with van der Waals surface area (Å²) in [4.78, 5) is 11.1. The molecule has 92 valence electrons. The predicted molar refractivity (Wildman–Crippen MR) is 65.9 cm³/mol. The van der Waals surface area contributed by atoms with Crippen LogP contribution < -0.4 is 5.32 Å². The second-order valence-electron chi connectivity index (χ2n) is 3.98. The number of ether oxygens (including phenoxy) is 1. The van der Waals surface area contributed by atoms with Crippen molar-refractivity contribution in [2.45, 2.75) is 18.9 Å². The van der Waals surface area contributed by atoms with Crippen molar-refractivity contribution in [1.29, 1.82) is 0 Å². The van der Waals surface area contributed by atoms with E-state index in [0.29, 0.717) is 12.2 Å². The Morgan fingerprint density at radius 3 is 3.06 bits per heavy atom. The molecule has 17 heavy (non-hydrogen) atoms. The molecule has 1 aromatic carbocycles. The Hall–Kier alpha value is -1.26. The molecule has 1 aliphatic heterocycles. The number of carboxylic acids is 1. The van der Waals surface area contributed by atoms with E-state index >= 15 is 0 Å². The van der Waals surface area contributed by atoms with E-state index in [1.807, 2.05) is 0 Å². The largest absolute Gasteiger partial charge is 0.478 e. The van der Waals surface area contributed by atoms with E-state index in [1.165, 1.54) is 0 Å². The number of hydrogen-bond donors (Lipinski definition) is 2. The normalized spacial score (nSPS) is 19.2. The van der Waals surface area contributed by atoms with Crippen LogP contribution >= 0.6 is 11.6 Å². The van der Waals surface area contributed by atoms with E-state index in [9.17, 15) is 4.79 Å². The lowest BCUT2D eigenvalue weighted by atomic mass is 10.1. The molecular formula is C12H14ClNO3. The molecular weight excluding hydrogens is 242 g/mol. The highest BCUT2D eigenvalue weighted by molar-refractivity contribution is 6.34. The molecule has 4 nitrogen and oxygen atoms in total. The van der Waals surface area contributed by atoms with Crippen LogP contribution in [0.15, 0.2) is 18.2 Å². The molecule has 1 aromatic rings. The average Bonchev–Trinajstić information content (AvgIpc) is 2.78. The van der Waals surface area contributed by atoms with E-state index in [4.69, 9.17) is 21.4 Å². The predicted octanol–water partition coefficient (Wildman–Crippen LogP) is 2.63. The maximum absolute atomic E-state index is 11.1. The molecule has 2 N–H and O–H groups in total. The number of benzene rings is 1. The van der Waals surface area contributed by atoms with Gasteiger partial charge in [0.15, 0.2) is 0 Å². The van der Waals surface area contributed by atoms with E-state index in [1.54, 1.807) is 18.2 Å². The first-order valence-corrected chi connectivity index (χ1v) is 5.93. The Balaban J connectivity index is 2.09. The minimum absolute atomic E-state index is 0.118. The summed E-state index contributed by atoms with van der Waals surface area (Å²) in [5, 5.41) is 12.4. The summed E-state index contributed by atoms with van der Waals surface area (Å²) in [5.74, 6) is -1.02. The van der Waals surface area contributed by atoms with E-state index in [0.717, 1.165) is 19.4 Å².